The smallest absolute Gasteiger partial charge is 0.248 e. The Balaban J connectivity index is 1.54. The van der Waals surface area contributed by atoms with Gasteiger partial charge in [-0.15, -0.1) is 13.2 Å². The van der Waals surface area contributed by atoms with E-state index < -0.39 is 35.6 Å². The van der Waals surface area contributed by atoms with E-state index >= 15 is 0 Å². The van der Waals surface area contributed by atoms with Crippen LogP contribution in [0.15, 0.2) is 55.6 Å². The number of carbonyl (C=O) groups is 3. The van der Waals surface area contributed by atoms with Crippen LogP contribution in [-0.2, 0) is 30.3 Å². The van der Waals surface area contributed by atoms with Crippen molar-refractivity contribution in [2.24, 2.45) is 11.8 Å². The lowest BCUT2D eigenvalue weighted by Gasteiger charge is -2.40. The van der Waals surface area contributed by atoms with Crippen molar-refractivity contribution in [1.82, 2.24) is 19.6 Å². The molecule has 3 amide bonds. The molecule has 4 fully saturated rings. The first-order chi connectivity index (χ1) is 21.8. The van der Waals surface area contributed by atoms with E-state index in [1.54, 1.807) is 26.9 Å². The minimum Gasteiger partial charge on any atom is -0.394 e. The number of rotatable bonds is 15. The van der Waals surface area contributed by atoms with Crippen LogP contribution < -0.4 is 0 Å². The number of amides is 3. The number of hydrogen-bond acceptors (Lipinski definition) is 7. The Morgan fingerprint density at radius 1 is 1.11 bits per heavy atom. The van der Waals surface area contributed by atoms with Crippen molar-refractivity contribution < 1.29 is 29.0 Å². The number of halogens is 1. The molecule has 1 spiro atoms. The van der Waals surface area contributed by atoms with E-state index in [9.17, 15) is 19.5 Å². The Labute approximate surface area is 275 Å². The van der Waals surface area contributed by atoms with Crippen molar-refractivity contribution >= 4 is 33.7 Å². The van der Waals surface area contributed by atoms with Crippen LogP contribution in [0.3, 0.4) is 0 Å². The summed E-state index contributed by atoms with van der Waals surface area (Å²) in [7, 11) is 0. The molecule has 4 saturated heterocycles. The van der Waals surface area contributed by atoms with Crippen molar-refractivity contribution in [2.45, 2.75) is 54.8 Å². The second kappa shape index (κ2) is 14.9. The summed E-state index contributed by atoms with van der Waals surface area (Å²) in [5, 5.41) is 10.8. The Kier molecular flexibility index (Phi) is 11.2. The molecule has 3 unspecified atom stereocenters. The summed E-state index contributed by atoms with van der Waals surface area (Å²) in [6, 6.07) is 7.98. The summed E-state index contributed by atoms with van der Waals surface area (Å²) in [6.07, 6.45) is 4.39. The minimum absolute atomic E-state index is 0.155. The lowest BCUT2D eigenvalue weighted by molar-refractivity contribution is -0.152. The number of alkyl halides is 1. The first-order valence-electron chi connectivity index (χ1n) is 16.2. The van der Waals surface area contributed by atoms with Gasteiger partial charge in [-0.25, -0.2) is 0 Å². The van der Waals surface area contributed by atoms with E-state index in [1.807, 2.05) is 37.3 Å². The summed E-state index contributed by atoms with van der Waals surface area (Å²) in [5.41, 5.74) is -0.265. The summed E-state index contributed by atoms with van der Waals surface area (Å²) < 4.78 is 12.3. The summed E-state index contributed by atoms with van der Waals surface area (Å²) in [5.74, 6) is -2.28. The van der Waals surface area contributed by atoms with Gasteiger partial charge in [-0.05, 0) is 24.8 Å². The number of benzene rings is 1. The van der Waals surface area contributed by atoms with Gasteiger partial charge in [0.05, 0.1) is 43.8 Å². The van der Waals surface area contributed by atoms with Crippen LogP contribution in [0, 0.1) is 11.8 Å². The molecule has 2 bridgehead atoms. The lowest BCUT2D eigenvalue weighted by Crippen LogP contribution is -2.60. The van der Waals surface area contributed by atoms with Gasteiger partial charge in [0, 0.05) is 50.6 Å². The Hall–Kier alpha value is -2.57. The Morgan fingerprint density at radius 3 is 2.40 bits per heavy atom. The van der Waals surface area contributed by atoms with Crippen LogP contribution in [0.1, 0.15) is 25.3 Å². The van der Waals surface area contributed by atoms with Gasteiger partial charge in [-0.3, -0.25) is 19.3 Å². The molecular formula is C34H47BrN4O6. The number of ether oxygens (including phenoxy) is 2. The molecular weight excluding hydrogens is 640 g/mol. The fourth-order valence-electron chi connectivity index (χ4n) is 7.79. The van der Waals surface area contributed by atoms with Gasteiger partial charge >= 0.3 is 0 Å². The van der Waals surface area contributed by atoms with Crippen LogP contribution in [0.25, 0.3) is 0 Å². The number of hydrogen-bond donors (Lipinski definition) is 1. The van der Waals surface area contributed by atoms with E-state index in [0.29, 0.717) is 58.8 Å². The average Bonchev–Trinajstić information content (AvgIpc) is 3.65. The van der Waals surface area contributed by atoms with E-state index in [0.717, 1.165) is 25.1 Å². The zero-order valence-electron chi connectivity index (χ0n) is 26.3. The molecule has 246 valence electrons. The molecule has 11 heteroatoms. The van der Waals surface area contributed by atoms with Gasteiger partial charge in [0.25, 0.3) is 0 Å². The number of aliphatic hydroxyl groups is 1. The van der Waals surface area contributed by atoms with Crippen LogP contribution >= 0.6 is 15.9 Å². The second-order valence-electron chi connectivity index (χ2n) is 12.5. The summed E-state index contributed by atoms with van der Waals surface area (Å²) >= 11 is 3.78. The normalized spacial score (nSPS) is 29.8. The van der Waals surface area contributed by atoms with Gasteiger partial charge in [-0.2, -0.15) is 0 Å². The molecule has 0 aliphatic carbocycles. The maximum atomic E-state index is 14.8. The van der Waals surface area contributed by atoms with Gasteiger partial charge < -0.3 is 29.3 Å². The third kappa shape index (κ3) is 6.52. The van der Waals surface area contributed by atoms with Crippen LogP contribution in [0.2, 0.25) is 0 Å². The first-order valence-corrected chi connectivity index (χ1v) is 17.1. The number of morpholine rings is 1. The maximum absolute atomic E-state index is 14.8. The zero-order valence-corrected chi connectivity index (χ0v) is 27.9. The topological polar surface area (TPSA) is 103 Å². The van der Waals surface area contributed by atoms with Crippen molar-refractivity contribution in [2.75, 3.05) is 65.6 Å². The highest BCUT2D eigenvalue weighted by atomic mass is 79.9. The molecule has 4 aliphatic heterocycles. The van der Waals surface area contributed by atoms with Gasteiger partial charge in [0.15, 0.2) is 0 Å². The van der Waals surface area contributed by atoms with Crippen LogP contribution in [-0.4, -0.2) is 137 Å². The molecule has 0 radical (unpaired) electrons. The fourth-order valence-corrected chi connectivity index (χ4v) is 8.74. The number of carbonyl (C=O) groups excluding carboxylic acids is 3. The summed E-state index contributed by atoms with van der Waals surface area (Å²) in [4.78, 5) is 50.9. The average molecular weight is 688 g/mol. The van der Waals surface area contributed by atoms with Gasteiger partial charge in [0.2, 0.25) is 17.7 Å². The third-order valence-corrected chi connectivity index (χ3v) is 10.6. The van der Waals surface area contributed by atoms with Crippen LogP contribution in [0.5, 0.6) is 0 Å². The highest BCUT2D eigenvalue weighted by molar-refractivity contribution is 9.09. The second-order valence-corrected chi connectivity index (χ2v) is 13.7. The highest BCUT2D eigenvalue weighted by Crippen LogP contribution is 2.61. The molecule has 1 aromatic carbocycles. The van der Waals surface area contributed by atoms with Gasteiger partial charge in [0.1, 0.15) is 11.6 Å². The predicted octanol–water partition coefficient (Wildman–Crippen LogP) is 2.11. The van der Waals surface area contributed by atoms with E-state index in [4.69, 9.17) is 9.47 Å². The van der Waals surface area contributed by atoms with Crippen molar-refractivity contribution in [3.05, 3.63) is 61.2 Å². The number of aliphatic hydroxyl groups excluding tert-OH is 1. The van der Waals surface area contributed by atoms with Crippen molar-refractivity contribution in [1.29, 1.82) is 0 Å². The first kappa shape index (κ1) is 33.8. The zero-order chi connectivity index (χ0) is 32.1. The number of nitrogens with zero attached hydrogens (tertiary/aromatic N) is 4. The van der Waals surface area contributed by atoms with Gasteiger partial charge in [-0.1, -0.05) is 65.3 Å². The molecule has 4 heterocycles. The Bertz CT molecular complexity index is 1230. The fraction of sp³-hybridized carbons (Fsp3) is 0.618. The SMILES string of the molecule is C=CCN(CCN1CCOCC1)C(=O)C1N([C@@H](CO)Cc2ccccc2)C(=O)[C@@H]2[C@H](C(=O)N(CC=C)CCC)[C@H]3OC12CC3Br. The number of likely N-dealkylation sites (tertiary alicyclic amines) is 1. The quantitative estimate of drug-likeness (QED) is 0.223. The third-order valence-electron chi connectivity index (χ3n) is 9.77. The Morgan fingerprint density at radius 2 is 1.78 bits per heavy atom. The molecule has 45 heavy (non-hydrogen) atoms. The molecule has 4 aliphatic rings. The molecule has 7 atom stereocenters. The maximum Gasteiger partial charge on any atom is 0.248 e. The standard InChI is InChI=1S/C34H47BrN4O6/c1-4-12-37(13-5-2)31(41)27-28-32(42)39(25(23-40)21-24-10-8-7-9-11-24)30(34(28)22-26(35)29(27)45-34)33(43)38(14-6-3)16-15-36-17-19-44-20-18-36/h4,6-11,25-30,40H,1,3,5,12-23H2,2H3/t25-,26?,27+,28+,29+,30?,34?/m1/s1. The number of fused-ring (bicyclic) bond motifs is 1. The van der Waals surface area contributed by atoms with Crippen molar-refractivity contribution in [3.63, 3.8) is 0 Å². The predicted molar refractivity (Wildman–Crippen MR) is 175 cm³/mol. The molecule has 0 saturated carbocycles. The van der Waals surface area contributed by atoms with E-state index in [1.165, 1.54) is 0 Å². The van der Waals surface area contributed by atoms with E-state index in [-0.39, 0.29) is 29.2 Å². The highest BCUT2D eigenvalue weighted by Gasteiger charge is 2.77. The molecule has 1 N–H and O–H groups in total. The molecule has 0 aromatic heterocycles. The van der Waals surface area contributed by atoms with Crippen molar-refractivity contribution in [3.8, 4) is 0 Å². The largest absolute Gasteiger partial charge is 0.394 e. The van der Waals surface area contributed by atoms with E-state index in [2.05, 4.69) is 34.0 Å². The lowest BCUT2D eigenvalue weighted by atomic mass is 9.70. The molecule has 10 nitrogen and oxygen atoms in total. The molecule has 1 aromatic rings. The monoisotopic (exact) mass is 686 g/mol. The minimum atomic E-state index is -1.21. The summed E-state index contributed by atoms with van der Waals surface area (Å²) in [6.45, 7) is 14.6. The van der Waals surface area contributed by atoms with Crippen LogP contribution in [0.4, 0.5) is 0 Å². The molecule has 5 rings (SSSR count).